The predicted octanol–water partition coefficient (Wildman–Crippen LogP) is 4.96. The third-order valence-electron chi connectivity index (χ3n) is 4.71. The van der Waals surface area contributed by atoms with Crippen molar-refractivity contribution >= 4 is 41.6 Å². The van der Waals surface area contributed by atoms with Crippen molar-refractivity contribution in [1.29, 1.82) is 0 Å². The maximum atomic E-state index is 5.89. The first-order valence-corrected chi connectivity index (χ1v) is 10.5. The van der Waals surface area contributed by atoms with Gasteiger partial charge in [0, 0.05) is 19.3 Å². The molecule has 0 saturated carbocycles. The molecule has 0 saturated heterocycles. The van der Waals surface area contributed by atoms with Crippen LogP contribution in [0.15, 0.2) is 54.6 Å². The summed E-state index contributed by atoms with van der Waals surface area (Å²) in [5.41, 5.74) is 1.35. The average molecular weight is 334 g/mol. The molecule has 0 heterocycles. The monoisotopic (exact) mass is 334 g/mol. The van der Waals surface area contributed by atoms with Crippen LogP contribution in [0.1, 0.15) is 19.4 Å². The quantitative estimate of drug-likeness (QED) is 0.366. The Morgan fingerprint density at radius 3 is 1.96 bits per heavy atom. The summed E-state index contributed by atoms with van der Waals surface area (Å²) in [5, 5.41) is 8.03. The normalized spacial score (nSPS) is 12.1. The summed E-state index contributed by atoms with van der Waals surface area (Å²) in [6.07, 6.45) is 0. The number of benzene rings is 4. The second kappa shape index (κ2) is 6.52. The van der Waals surface area contributed by atoms with E-state index in [1.165, 1.54) is 37.9 Å². The molecule has 0 bridgehead atoms. The Hall–Kier alpha value is -1.94. The van der Waals surface area contributed by atoms with E-state index in [-0.39, 0.29) is 0 Å². The van der Waals surface area contributed by atoms with Crippen molar-refractivity contribution < 1.29 is 8.85 Å². The Kier molecular flexibility index (Phi) is 4.23. The first kappa shape index (κ1) is 15.6. The summed E-state index contributed by atoms with van der Waals surface area (Å²) < 4.78 is 11.8. The van der Waals surface area contributed by atoms with Crippen LogP contribution in [-0.4, -0.2) is 22.5 Å². The average Bonchev–Trinajstić information content (AvgIpc) is 2.61. The smallest absolute Gasteiger partial charge is 0.325 e. The molecule has 0 N–H and O–H groups in total. The maximum Gasteiger partial charge on any atom is 0.325 e. The number of hydrogen-bond donors (Lipinski definition) is 0. The first-order chi connectivity index (χ1) is 11.8. The minimum atomic E-state index is -1.66. The Labute approximate surface area is 144 Å². The molecule has 0 aromatic heterocycles. The van der Waals surface area contributed by atoms with Crippen LogP contribution in [0.4, 0.5) is 0 Å². The maximum absolute atomic E-state index is 5.89. The van der Waals surface area contributed by atoms with Gasteiger partial charge in [0.1, 0.15) is 0 Å². The molecule has 0 aliphatic carbocycles. The lowest BCUT2D eigenvalue weighted by molar-refractivity contribution is 0.213. The van der Waals surface area contributed by atoms with Crippen LogP contribution in [0.25, 0.3) is 32.3 Å². The third-order valence-corrected chi connectivity index (χ3v) is 6.89. The van der Waals surface area contributed by atoms with Gasteiger partial charge in [-0.15, -0.1) is 0 Å². The van der Waals surface area contributed by atoms with E-state index in [9.17, 15) is 0 Å². The van der Waals surface area contributed by atoms with Crippen molar-refractivity contribution in [1.82, 2.24) is 0 Å². The molecular weight excluding hydrogens is 312 g/mol. The van der Waals surface area contributed by atoms with Crippen molar-refractivity contribution in [3.63, 3.8) is 0 Å². The summed E-state index contributed by atoms with van der Waals surface area (Å²) in [6, 6.07) is 20.9. The Bertz CT molecular complexity index is 958. The molecule has 0 amide bonds. The molecule has 2 nitrogen and oxygen atoms in total. The Balaban J connectivity index is 1.90. The summed E-state index contributed by atoms with van der Waals surface area (Å²) in [6.45, 7) is 5.54. The van der Waals surface area contributed by atoms with Gasteiger partial charge in [0.2, 0.25) is 0 Å². The highest BCUT2D eigenvalue weighted by molar-refractivity contribution is 6.44. The van der Waals surface area contributed by atoms with Crippen molar-refractivity contribution in [2.45, 2.75) is 19.9 Å². The summed E-state index contributed by atoms with van der Waals surface area (Å²) in [4.78, 5) is 0. The fourth-order valence-electron chi connectivity index (χ4n) is 3.69. The van der Waals surface area contributed by atoms with Crippen molar-refractivity contribution in [2.75, 3.05) is 13.2 Å². The molecule has 4 aromatic carbocycles. The molecule has 24 heavy (non-hydrogen) atoms. The van der Waals surface area contributed by atoms with Crippen molar-refractivity contribution in [2.24, 2.45) is 0 Å². The first-order valence-electron chi connectivity index (χ1n) is 8.70. The topological polar surface area (TPSA) is 18.5 Å². The van der Waals surface area contributed by atoms with Gasteiger partial charge in [0.15, 0.2) is 0 Å². The molecule has 0 radical (unpaired) electrons. The molecule has 0 aliphatic heterocycles. The van der Waals surface area contributed by atoms with E-state index < -0.39 is 9.28 Å². The second-order valence-electron chi connectivity index (χ2n) is 6.13. The van der Waals surface area contributed by atoms with E-state index in [2.05, 4.69) is 54.6 Å². The largest absolute Gasteiger partial charge is 0.397 e. The summed E-state index contributed by atoms with van der Waals surface area (Å²) in [7, 11) is -1.66. The molecule has 4 aromatic rings. The minimum Gasteiger partial charge on any atom is -0.397 e. The predicted molar refractivity (Wildman–Crippen MR) is 104 cm³/mol. The van der Waals surface area contributed by atoms with Gasteiger partial charge >= 0.3 is 9.28 Å². The summed E-state index contributed by atoms with van der Waals surface area (Å²) in [5.74, 6) is 0. The number of rotatable bonds is 6. The molecule has 0 spiro atoms. The zero-order chi connectivity index (χ0) is 16.5. The summed E-state index contributed by atoms with van der Waals surface area (Å²) >= 11 is 0. The van der Waals surface area contributed by atoms with Crippen LogP contribution in [0, 0.1) is 0 Å². The van der Waals surface area contributed by atoms with E-state index in [1.54, 1.807) is 0 Å². The molecule has 0 fully saturated rings. The van der Waals surface area contributed by atoms with Gasteiger partial charge in [-0.3, -0.25) is 0 Å². The highest BCUT2D eigenvalue weighted by Gasteiger charge is 2.17. The van der Waals surface area contributed by atoms with Crippen LogP contribution < -0.4 is 0 Å². The SMILES string of the molecule is CCO[SiH](Cc1ccc2ccc3cccc4ccc1c2c34)OCC. The zero-order valence-corrected chi connectivity index (χ0v) is 15.4. The highest BCUT2D eigenvalue weighted by atomic mass is 28.3. The van der Waals surface area contributed by atoms with Crippen LogP contribution in [-0.2, 0) is 14.9 Å². The van der Waals surface area contributed by atoms with Gasteiger partial charge in [-0.25, -0.2) is 0 Å². The van der Waals surface area contributed by atoms with E-state index in [4.69, 9.17) is 8.85 Å². The zero-order valence-electron chi connectivity index (χ0n) is 14.2. The van der Waals surface area contributed by atoms with Crippen LogP contribution in [0.5, 0.6) is 0 Å². The van der Waals surface area contributed by atoms with E-state index in [1.807, 2.05) is 13.8 Å². The van der Waals surface area contributed by atoms with E-state index >= 15 is 0 Å². The standard InChI is InChI=1S/C21H22O2Si/c1-3-22-24(23-4-2)14-18-11-10-17-9-8-15-6-5-7-16-12-13-19(18)21(17)20(15)16/h5-13,24H,3-4,14H2,1-2H3. The van der Waals surface area contributed by atoms with Gasteiger partial charge in [-0.2, -0.15) is 0 Å². The van der Waals surface area contributed by atoms with Crippen molar-refractivity contribution in [3.05, 3.63) is 60.2 Å². The van der Waals surface area contributed by atoms with Crippen LogP contribution >= 0.6 is 0 Å². The minimum absolute atomic E-state index is 0.725. The van der Waals surface area contributed by atoms with Gasteiger partial charge in [0.05, 0.1) is 0 Å². The van der Waals surface area contributed by atoms with Gasteiger partial charge < -0.3 is 8.85 Å². The lowest BCUT2D eigenvalue weighted by atomic mass is 9.92. The van der Waals surface area contributed by atoms with Crippen LogP contribution in [0.3, 0.4) is 0 Å². The van der Waals surface area contributed by atoms with Gasteiger partial charge in [-0.1, -0.05) is 54.6 Å². The highest BCUT2D eigenvalue weighted by Crippen LogP contribution is 2.36. The Morgan fingerprint density at radius 2 is 1.29 bits per heavy atom. The van der Waals surface area contributed by atoms with Gasteiger partial charge in [0.25, 0.3) is 0 Å². The van der Waals surface area contributed by atoms with Crippen molar-refractivity contribution in [3.8, 4) is 0 Å². The van der Waals surface area contributed by atoms with Gasteiger partial charge in [-0.05, 0) is 51.7 Å². The molecule has 3 heteroatoms. The molecule has 0 unspecified atom stereocenters. The number of hydrogen-bond acceptors (Lipinski definition) is 2. The molecular formula is C21H22O2Si. The molecule has 0 aliphatic rings. The van der Waals surface area contributed by atoms with Crippen LogP contribution in [0.2, 0.25) is 0 Å². The molecule has 0 atom stereocenters. The molecule has 4 rings (SSSR count). The van der Waals surface area contributed by atoms with E-state index in [0.717, 1.165) is 19.3 Å². The molecule has 122 valence electrons. The third kappa shape index (κ3) is 2.59. The fraction of sp³-hybridized carbons (Fsp3) is 0.238. The second-order valence-corrected chi connectivity index (χ2v) is 8.06. The Morgan fingerprint density at radius 1 is 0.708 bits per heavy atom. The van der Waals surface area contributed by atoms with E-state index in [0.29, 0.717) is 0 Å². The lowest BCUT2D eigenvalue weighted by Crippen LogP contribution is -2.26. The fourth-order valence-corrected chi connectivity index (χ4v) is 5.48. The lowest BCUT2D eigenvalue weighted by Gasteiger charge is -2.18.